The molecular formula is C26H27FN2O5. The molecule has 5 rings (SSSR count). The Kier molecular flexibility index (Phi) is 6.10. The number of benzene rings is 2. The predicted octanol–water partition coefficient (Wildman–Crippen LogP) is 2.90. The average Bonchev–Trinajstić information content (AvgIpc) is 3.33. The molecule has 0 aliphatic carbocycles. The molecule has 3 aliphatic heterocycles. The van der Waals surface area contributed by atoms with Crippen molar-refractivity contribution in [2.45, 2.75) is 25.5 Å². The van der Waals surface area contributed by atoms with Crippen LogP contribution in [0.1, 0.15) is 29.7 Å². The number of aliphatic hydroxyl groups is 1. The van der Waals surface area contributed by atoms with Gasteiger partial charge in [0.1, 0.15) is 23.4 Å². The van der Waals surface area contributed by atoms with Gasteiger partial charge in [0.15, 0.2) is 0 Å². The number of ether oxygens (including phenoxy) is 2. The first-order chi connectivity index (χ1) is 16.4. The molecule has 34 heavy (non-hydrogen) atoms. The minimum Gasteiger partial charge on any atom is -0.507 e. The zero-order valence-electron chi connectivity index (χ0n) is 19.0. The number of rotatable bonds is 5. The van der Waals surface area contributed by atoms with E-state index in [1.807, 2.05) is 6.92 Å². The number of likely N-dealkylation sites (tertiary alicyclic amines) is 1. The number of hydrogen-bond acceptors (Lipinski definition) is 6. The molecule has 3 heterocycles. The van der Waals surface area contributed by atoms with Crippen LogP contribution < -0.4 is 4.74 Å². The molecule has 0 saturated carbocycles. The minimum absolute atomic E-state index is 0.0246. The number of carbonyl (C=O) groups is 2. The van der Waals surface area contributed by atoms with Crippen molar-refractivity contribution in [1.29, 1.82) is 0 Å². The van der Waals surface area contributed by atoms with Crippen LogP contribution in [0.3, 0.4) is 0 Å². The highest BCUT2D eigenvalue weighted by atomic mass is 19.1. The highest BCUT2D eigenvalue weighted by molar-refractivity contribution is 6.46. The molecule has 2 aromatic carbocycles. The van der Waals surface area contributed by atoms with Gasteiger partial charge >= 0.3 is 0 Å². The molecule has 0 bridgehead atoms. The van der Waals surface area contributed by atoms with Crippen molar-refractivity contribution in [2.75, 3.05) is 39.4 Å². The number of amides is 1. The lowest BCUT2D eigenvalue weighted by Crippen LogP contribution is -2.42. The summed E-state index contributed by atoms with van der Waals surface area (Å²) in [5.41, 5.74) is 1.41. The molecule has 0 spiro atoms. The second-order valence-corrected chi connectivity index (χ2v) is 8.92. The number of hydrogen-bond donors (Lipinski definition) is 1. The summed E-state index contributed by atoms with van der Waals surface area (Å²) >= 11 is 0. The van der Waals surface area contributed by atoms with Gasteiger partial charge in [-0.1, -0.05) is 18.2 Å². The molecule has 2 fully saturated rings. The first-order valence-electron chi connectivity index (χ1n) is 11.6. The van der Waals surface area contributed by atoms with Crippen LogP contribution in [0.4, 0.5) is 4.39 Å². The Hall–Kier alpha value is -3.23. The average molecular weight is 467 g/mol. The third kappa shape index (κ3) is 4.08. The third-order valence-corrected chi connectivity index (χ3v) is 6.67. The van der Waals surface area contributed by atoms with E-state index in [-0.39, 0.29) is 29.5 Å². The molecule has 2 aromatic rings. The van der Waals surface area contributed by atoms with Crippen LogP contribution in [0.15, 0.2) is 48.0 Å². The number of halogens is 1. The molecule has 1 N–H and O–H groups in total. The second kappa shape index (κ2) is 9.19. The van der Waals surface area contributed by atoms with Gasteiger partial charge in [-0.2, -0.15) is 0 Å². The molecule has 0 radical (unpaired) electrons. The van der Waals surface area contributed by atoms with Crippen LogP contribution in [0.2, 0.25) is 0 Å². The van der Waals surface area contributed by atoms with Gasteiger partial charge in [-0.25, -0.2) is 4.39 Å². The number of aliphatic hydroxyl groups excluding tert-OH is 1. The first-order valence-corrected chi connectivity index (χ1v) is 11.6. The Morgan fingerprint density at radius 3 is 2.65 bits per heavy atom. The number of fused-ring (bicyclic) bond motifs is 1. The molecule has 0 unspecified atom stereocenters. The lowest BCUT2D eigenvalue weighted by molar-refractivity contribution is -0.140. The number of ketones is 1. The molecule has 1 amide bonds. The Labute approximate surface area is 197 Å². The van der Waals surface area contributed by atoms with Crippen LogP contribution in [-0.2, 0) is 20.7 Å². The van der Waals surface area contributed by atoms with E-state index in [0.717, 1.165) is 24.4 Å². The fourth-order valence-electron chi connectivity index (χ4n) is 4.93. The fraction of sp³-hybridized carbons (Fsp3) is 0.385. The standard InChI is InChI=1S/C26H27FN2O5/c1-16-14-18-15-17(6-7-21(18)34-16)24(30)22-23(19-4-2-3-5-20(19)27)29(26(32)25(22)31)9-8-28-10-12-33-13-11-28/h2-7,15-16,23,30H,8-14H2,1H3/t16-,23+/m1/s1. The van der Waals surface area contributed by atoms with Crippen LogP contribution in [0.25, 0.3) is 5.76 Å². The summed E-state index contributed by atoms with van der Waals surface area (Å²) in [5, 5.41) is 11.3. The normalized spacial score (nSPS) is 24.4. The van der Waals surface area contributed by atoms with Gasteiger partial charge in [0.2, 0.25) is 0 Å². The predicted molar refractivity (Wildman–Crippen MR) is 123 cm³/mol. The van der Waals surface area contributed by atoms with E-state index in [1.165, 1.54) is 11.0 Å². The molecule has 3 aliphatic rings. The Morgan fingerprint density at radius 1 is 1.12 bits per heavy atom. The SMILES string of the molecule is C[C@@H]1Cc2cc(C(O)=C3C(=O)C(=O)N(CCN4CCOCC4)[C@H]3c3ccccc3F)ccc2O1. The lowest BCUT2D eigenvalue weighted by atomic mass is 9.94. The van der Waals surface area contributed by atoms with E-state index in [9.17, 15) is 19.1 Å². The zero-order chi connectivity index (χ0) is 23.8. The van der Waals surface area contributed by atoms with Crippen molar-refractivity contribution >= 4 is 17.4 Å². The van der Waals surface area contributed by atoms with Crippen molar-refractivity contribution in [2.24, 2.45) is 0 Å². The Bertz CT molecular complexity index is 1160. The molecule has 0 aromatic heterocycles. The minimum atomic E-state index is -1.01. The van der Waals surface area contributed by atoms with E-state index < -0.39 is 23.5 Å². The summed E-state index contributed by atoms with van der Waals surface area (Å²) in [7, 11) is 0. The smallest absolute Gasteiger partial charge is 0.295 e. The lowest BCUT2D eigenvalue weighted by Gasteiger charge is -2.31. The second-order valence-electron chi connectivity index (χ2n) is 8.92. The summed E-state index contributed by atoms with van der Waals surface area (Å²) in [6.45, 7) is 5.38. The summed E-state index contributed by atoms with van der Waals surface area (Å²) in [4.78, 5) is 29.8. The Morgan fingerprint density at radius 2 is 1.88 bits per heavy atom. The maximum Gasteiger partial charge on any atom is 0.295 e. The van der Waals surface area contributed by atoms with Gasteiger partial charge in [-0.3, -0.25) is 14.5 Å². The van der Waals surface area contributed by atoms with Gasteiger partial charge in [-0.05, 0) is 36.8 Å². The van der Waals surface area contributed by atoms with E-state index >= 15 is 0 Å². The molecule has 2 atom stereocenters. The van der Waals surface area contributed by atoms with Gasteiger partial charge in [0, 0.05) is 43.7 Å². The summed E-state index contributed by atoms with van der Waals surface area (Å²) in [6, 6.07) is 10.2. The van der Waals surface area contributed by atoms with Crippen molar-refractivity contribution in [3.8, 4) is 5.75 Å². The van der Waals surface area contributed by atoms with Gasteiger partial charge in [0.05, 0.1) is 24.8 Å². The first kappa shape index (κ1) is 22.6. The van der Waals surface area contributed by atoms with E-state index in [2.05, 4.69) is 4.90 Å². The van der Waals surface area contributed by atoms with E-state index in [4.69, 9.17) is 9.47 Å². The highest BCUT2D eigenvalue weighted by Crippen LogP contribution is 2.41. The van der Waals surface area contributed by atoms with E-state index in [1.54, 1.807) is 36.4 Å². The van der Waals surface area contributed by atoms with Crippen LogP contribution in [-0.4, -0.2) is 72.1 Å². The van der Waals surface area contributed by atoms with E-state index in [0.29, 0.717) is 31.7 Å². The fourth-order valence-corrected chi connectivity index (χ4v) is 4.93. The number of morpholine rings is 1. The van der Waals surface area contributed by atoms with Crippen molar-refractivity contribution < 1.29 is 28.6 Å². The highest BCUT2D eigenvalue weighted by Gasteiger charge is 2.47. The van der Waals surface area contributed by atoms with Crippen LogP contribution in [0.5, 0.6) is 5.75 Å². The molecule has 8 heteroatoms. The molecule has 2 saturated heterocycles. The number of Topliss-reactive ketones (excluding diaryl/α,β-unsaturated/α-hetero) is 1. The van der Waals surface area contributed by atoms with Crippen LogP contribution >= 0.6 is 0 Å². The Balaban J connectivity index is 1.54. The van der Waals surface area contributed by atoms with Crippen molar-refractivity contribution in [3.05, 3.63) is 70.5 Å². The topological polar surface area (TPSA) is 79.3 Å². The molecule has 178 valence electrons. The maximum atomic E-state index is 14.9. The quantitative estimate of drug-likeness (QED) is 0.415. The third-order valence-electron chi connectivity index (χ3n) is 6.67. The largest absolute Gasteiger partial charge is 0.507 e. The van der Waals surface area contributed by atoms with Gasteiger partial charge < -0.3 is 19.5 Å². The van der Waals surface area contributed by atoms with Crippen molar-refractivity contribution in [3.63, 3.8) is 0 Å². The zero-order valence-corrected chi connectivity index (χ0v) is 19.0. The van der Waals surface area contributed by atoms with Crippen LogP contribution in [0, 0.1) is 5.82 Å². The maximum absolute atomic E-state index is 14.9. The summed E-state index contributed by atoms with van der Waals surface area (Å²) in [5.74, 6) is -1.64. The molecule has 7 nitrogen and oxygen atoms in total. The number of carbonyl (C=O) groups excluding carboxylic acids is 2. The number of nitrogens with zero attached hydrogens (tertiary/aromatic N) is 2. The molecular weight excluding hydrogens is 439 g/mol. The summed E-state index contributed by atoms with van der Waals surface area (Å²) in [6.07, 6.45) is 0.706. The van der Waals surface area contributed by atoms with Gasteiger partial charge in [-0.15, -0.1) is 0 Å². The van der Waals surface area contributed by atoms with Gasteiger partial charge in [0.25, 0.3) is 11.7 Å². The summed E-state index contributed by atoms with van der Waals surface area (Å²) < 4.78 is 26.0. The van der Waals surface area contributed by atoms with Crippen molar-refractivity contribution in [1.82, 2.24) is 9.80 Å². The monoisotopic (exact) mass is 466 g/mol.